The smallest absolute Gasteiger partial charge is 0.162 e. The second-order valence-corrected chi connectivity index (χ2v) is 5.33. The van der Waals surface area contributed by atoms with Crippen molar-refractivity contribution in [2.45, 2.75) is 25.7 Å². The van der Waals surface area contributed by atoms with Gasteiger partial charge < -0.3 is 0 Å². The van der Waals surface area contributed by atoms with Crippen molar-refractivity contribution in [2.75, 3.05) is 0 Å². The molecule has 0 N–H and O–H groups in total. The van der Waals surface area contributed by atoms with Crippen LogP contribution in [0.1, 0.15) is 29.9 Å². The van der Waals surface area contributed by atoms with Crippen LogP contribution in [0.2, 0.25) is 10.3 Å². The van der Waals surface area contributed by atoms with E-state index in [0.29, 0.717) is 22.0 Å². The average molecular weight is 279 g/mol. The molecule has 0 bridgehead atoms. The summed E-state index contributed by atoms with van der Waals surface area (Å²) in [6, 6.07) is 8.21. The van der Waals surface area contributed by atoms with Gasteiger partial charge in [-0.3, -0.25) is 0 Å². The molecule has 0 atom stereocenters. The van der Waals surface area contributed by atoms with E-state index >= 15 is 0 Å². The molecule has 2 nitrogen and oxygen atoms in total. The van der Waals surface area contributed by atoms with Crippen LogP contribution in [-0.4, -0.2) is 9.97 Å². The van der Waals surface area contributed by atoms with Crippen molar-refractivity contribution in [3.8, 4) is 11.4 Å². The summed E-state index contributed by atoms with van der Waals surface area (Å²) in [5, 5.41) is 0.853. The molecule has 1 aromatic heterocycles. The molecule has 4 heteroatoms. The molecule has 0 aliphatic heterocycles. The zero-order chi connectivity index (χ0) is 12.7. The summed E-state index contributed by atoms with van der Waals surface area (Å²) >= 11 is 12.2. The third kappa shape index (κ3) is 2.11. The van der Waals surface area contributed by atoms with E-state index < -0.39 is 0 Å². The molecular formula is C14H12Cl2N2. The van der Waals surface area contributed by atoms with E-state index in [1.165, 1.54) is 18.4 Å². The highest BCUT2D eigenvalue weighted by Crippen LogP contribution is 2.44. The van der Waals surface area contributed by atoms with Crippen molar-refractivity contribution in [3.05, 3.63) is 45.7 Å². The topological polar surface area (TPSA) is 25.8 Å². The average Bonchev–Trinajstić information content (AvgIpc) is 3.19. The van der Waals surface area contributed by atoms with Crippen LogP contribution in [0, 0.1) is 6.92 Å². The van der Waals surface area contributed by atoms with Gasteiger partial charge in [-0.15, -0.1) is 0 Å². The summed E-state index contributed by atoms with van der Waals surface area (Å²) < 4.78 is 0. The second-order valence-electron chi connectivity index (χ2n) is 4.62. The molecule has 0 spiro atoms. The Morgan fingerprint density at radius 3 is 2.28 bits per heavy atom. The standard InChI is InChI=1S/C14H12Cl2N2/c1-8-12(15)17-14(18-13(8)16)11-5-3-2-4-10(11)9-6-7-9/h2-5,9H,6-7H2,1H3. The molecule has 1 aromatic carbocycles. The van der Waals surface area contributed by atoms with E-state index in [0.717, 1.165) is 11.1 Å². The van der Waals surface area contributed by atoms with E-state index in [-0.39, 0.29) is 0 Å². The maximum Gasteiger partial charge on any atom is 0.162 e. The molecule has 1 saturated carbocycles. The summed E-state index contributed by atoms with van der Waals surface area (Å²) in [7, 11) is 0. The highest BCUT2D eigenvalue weighted by Gasteiger charge is 2.27. The Morgan fingerprint density at radius 1 is 1.06 bits per heavy atom. The zero-order valence-corrected chi connectivity index (χ0v) is 11.5. The fourth-order valence-corrected chi connectivity index (χ4v) is 2.42. The van der Waals surface area contributed by atoms with Gasteiger partial charge in [-0.25, -0.2) is 9.97 Å². The number of rotatable bonds is 2. The zero-order valence-electron chi connectivity index (χ0n) is 9.95. The number of hydrogen-bond donors (Lipinski definition) is 0. The SMILES string of the molecule is Cc1c(Cl)nc(-c2ccccc2C2CC2)nc1Cl. The first-order chi connectivity index (χ1) is 8.66. The Hall–Kier alpha value is -1.12. The normalized spacial score (nSPS) is 14.8. The molecule has 1 fully saturated rings. The van der Waals surface area contributed by atoms with Gasteiger partial charge in [0.1, 0.15) is 10.3 Å². The summed E-state index contributed by atoms with van der Waals surface area (Å²) in [6.07, 6.45) is 2.48. The molecule has 0 amide bonds. The van der Waals surface area contributed by atoms with E-state index in [1.54, 1.807) is 0 Å². The lowest BCUT2D eigenvalue weighted by atomic mass is 10.0. The first-order valence-electron chi connectivity index (χ1n) is 5.95. The predicted molar refractivity (Wildman–Crippen MR) is 74.2 cm³/mol. The van der Waals surface area contributed by atoms with Gasteiger partial charge in [-0.2, -0.15) is 0 Å². The van der Waals surface area contributed by atoms with Crippen molar-refractivity contribution in [3.63, 3.8) is 0 Å². The van der Waals surface area contributed by atoms with Crippen molar-refractivity contribution < 1.29 is 0 Å². The first kappa shape index (κ1) is 11.9. The largest absolute Gasteiger partial charge is 0.216 e. The lowest BCUT2D eigenvalue weighted by Crippen LogP contribution is -1.96. The maximum atomic E-state index is 6.08. The maximum absolute atomic E-state index is 6.08. The van der Waals surface area contributed by atoms with Gasteiger partial charge in [0.05, 0.1) is 0 Å². The summed E-state index contributed by atoms with van der Waals surface area (Å²) in [5.41, 5.74) is 3.07. The number of halogens is 2. The quantitative estimate of drug-likeness (QED) is 0.748. The van der Waals surface area contributed by atoms with Crippen LogP contribution < -0.4 is 0 Å². The number of aromatic nitrogens is 2. The Bertz CT molecular complexity index is 583. The minimum absolute atomic E-state index is 0.426. The molecule has 1 aliphatic carbocycles. The van der Waals surface area contributed by atoms with Crippen molar-refractivity contribution in [1.29, 1.82) is 0 Å². The molecular weight excluding hydrogens is 267 g/mol. The van der Waals surface area contributed by atoms with Gasteiger partial charge in [-0.1, -0.05) is 47.5 Å². The lowest BCUT2D eigenvalue weighted by Gasteiger charge is -2.09. The van der Waals surface area contributed by atoms with Crippen LogP contribution >= 0.6 is 23.2 Å². The van der Waals surface area contributed by atoms with Gasteiger partial charge in [0, 0.05) is 11.1 Å². The fraction of sp³-hybridized carbons (Fsp3) is 0.286. The van der Waals surface area contributed by atoms with E-state index in [9.17, 15) is 0 Å². The third-order valence-electron chi connectivity index (χ3n) is 3.25. The lowest BCUT2D eigenvalue weighted by molar-refractivity contribution is 1.09. The monoisotopic (exact) mass is 278 g/mol. The van der Waals surface area contributed by atoms with Gasteiger partial charge in [0.25, 0.3) is 0 Å². The van der Waals surface area contributed by atoms with Gasteiger partial charge in [0.15, 0.2) is 5.82 Å². The molecule has 0 saturated heterocycles. The van der Waals surface area contributed by atoms with E-state index in [1.807, 2.05) is 19.1 Å². The number of hydrogen-bond acceptors (Lipinski definition) is 2. The molecule has 1 heterocycles. The number of benzene rings is 1. The Morgan fingerprint density at radius 2 is 1.67 bits per heavy atom. The Kier molecular flexibility index (Phi) is 3.00. The summed E-state index contributed by atoms with van der Waals surface area (Å²) in [5.74, 6) is 1.27. The van der Waals surface area contributed by atoms with Crippen LogP contribution in [0.4, 0.5) is 0 Å². The molecule has 1 aliphatic rings. The van der Waals surface area contributed by atoms with Crippen LogP contribution in [0.15, 0.2) is 24.3 Å². The predicted octanol–water partition coefficient (Wildman–Crippen LogP) is 4.64. The fourth-order valence-electron chi connectivity index (χ4n) is 2.04. The van der Waals surface area contributed by atoms with Crippen LogP contribution in [0.5, 0.6) is 0 Å². The number of nitrogens with zero attached hydrogens (tertiary/aromatic N) is 2. The molecule has 0 radical (unpaired) electrons. The minimum Gasteiger partial charge on any atom is -0.216 e. The first-order valence-corrected chi connectivity index (χ1v) is 6.71. The molecule has 92 valence electrons. The summed E-state index contributed by atoms with van der Waals surface area (Å²) in [4.78, 5) is 8.69. The van der Waals surface area contributed by atoms with Crippen LogP contribution in [0.25, 0.3) is 11.4 Å². The van der Waals surface area contributed by atoms with Crippen molar-refractivity contribution in [2.24, 2.45) is 0 Å². The van der Waals surface area contributed by atoms with E-state index in [2.05, 4.69) is 22.1 Å². The van der Waals surface area contributed by atoms with Crippen molar-refractivity contribution in [1.82, 2.24) is 9.97 Å². The molecule has 18 heavy (non-hydrogen) atoms. The molecule has 3 rings (SSSR count). The second kappa shape index (κ2) is 4.52. The molecule has 0 unspecified atom stereocenters. The molecule has 2 aromatic rings. The van der Waals surface area contributed by atoms with Crippen LogP contribution in [-0.2, 0) is 0 Å². The van der Waals surface area contributed by atoms with Gasteiger partial charge in [0.2, 0.25) is 0 Å². The Labute approximate surface area is 116 Å². The Balaban J connectivity index is 2.15. The van der Waals surface area contributed by atoms with Crippen LogP contribution in [0.3, 0.4) is 0 Å². The minimum atomic E-state index is 0.426. The third-order valence-corrected chi connectivity index (χ3v) is 3.98. The highest BCUT2D eigenvalue weighted by molar-refractivity contribution is 6.34. The van der Waals surface area contributed by atoms with Gasteiger partial charge in [-0.05, 0) is 31.2 Å². The van der Waals surface area contributed by atoms with Gasteiger partial charge >= 0.3 is 0 Å². The highest BCUT2D eigenvalue weighted by atomic mass is 35.5. The van der Waals surface area contributed by atoms with Crippen molar-refractivity contribution >= 4 is 23.2 Å². The van der Waals surface area contributed by atoms with E-state index in [4.69, 9.17) is 23.2 Å². The summed E-state index contributed by atoms with van der Waals surface area (Å²) in [6.45, 7) is 1.82.